The summed E-state index contributed by atoms with van der Waals surface area (Å²) < 4.78 is 0. The molecule has 0 radical (unpaired) electrons. The molecule has 5 heteroatoms. The first kappa shape index (κ1) is 13.3. The van der Waals surface area contributed by atoms with E-state index in [0.717, 1.165) is 19.3 Å². The van der Waals surface area contributed by atoms with Crippen molar-refractivity contribution in [2.75, 3.05) is 6.54 Å². The minimum Gasteiger partial charge on any atom is -0.350 e. The number of rotatable bonds is 5. The normalized spacial score (nSPS) is 27.2. The Labute approximate surface area is 108 Å². The molecule has 2 amide bonds. The van der Waals surface area contributed by atoms with Crippen LogP contribution in [-0.4, -0.2) is 41.4 Å². The summed E-state index contributed by atoms with van der Waals surface area (Å²) in [5.74, 6) is 0.210. The first-order valence-corrected chi connectivity index (χ1v) is 6.88. The van der Waals surface area contributed by atoms with Gasteiger partial charge in [0.15, 0.2) is 0 Å². The molecule has 3 atom stereocenters. The number of nitrogens with zero attached hydrogens (tertiary/aromatic N) is 1. The zero-order valence-electron chi connectivity index (χ0n) is 11.2. The van der Waals surface area contributed by atoms with E-state index in [2.05, 4.69) is 5.32 Å². The Balaban J connectivity index is 1.83. The molecule has 1 saturated carbocycles. The third-order valence-corrected chi connectivity index (χ3v) is 4.05. The van der Waals surface area contributed by atoms with Crippen LogP contribution in [0.4, 0.5) is 0 Å². The van der Waals surface area contributed by atoms with Crippen LogP contribution < -0.4 is 11.1 Å². The van der Waals surface area contributed by atoms with Gasteiger partial charge in [0.05, 0.1) is 12.1 Å². The monoisotopic (exact) mass is 253 g/mol. The summed E-state index contributed by atoms with van der Waals surface area (Å²) in [5, 5.41) is 2.91. The van der Waals surface area contributed by atoms with Crippen molar-refractivity contribution in [1.82, 2.24) is 10.2 Å². The molecule has 2 aliphatic rings. The van der Waals surface area contributed by atoms with E-state index in [9.17, 15) is 9.59 Å². The van der Waals surface area contributed by atoms with Crippen LogP contribution in [-0.2, 0) is 9.59 Å². The van der Waals surface area contributed by atoms with Gasteiger partial charge >= 0.3 is 0 Å². The third-order valence-electron chi connectivity index (χ3n) is 4.05. The van der Waals surface area contributed by atoms with E-state index in [1.165, 1.54) is 0 Å². The van der Waals surface area contributed by atoms with Crippen LogP contribution >= 0.6 is 0 Å². The van der Waals surface area contributed by atoms with Gasteiger partial charge in [-0.1, -0.05) is 20.3 Å². The van der Waals surface area contributed by atoms with E-state index in [1.807, 2.05) is 18.7 Å². The van der Waals surface area contributed by atoms with Crippen molar-refractivity contribution in [3.8, 4) is 0 Å². The van der Waals surface area contributed by atoms with Crippen molar-refractivity contribution >= 4 is 11.8 Å². The SMILES string of the molecule is CCC(C)C(N)C(=O)NC1CC(=O)N(C2CC2)C1. The van der Waals surface area contributed by atoms with E-state index in [-0.39, 0.29) is 23.8 Å². The minimum absolute atomic E-state index is 0.0549. The van der Waals surface area contributed by atoms with Gasteiger partial charge in [-0.05, 0) is 18.8 Å². The maximum Gasteiger partial charge on any atom is 0.237 e. The van der Waals surface area contributed by atoms with Gasteiger partial charge in [-0.2, -0.15) is 0 Å². The highest BCUT2D eigenvalue weighted by Crippen LogP contribution is 2.30. The average molecular weight is 253 g/mol. The van der Waals surface area contributed by atoms with Gasteiger partial charge in [-0.15, -0.1) is 0 Å². The lowest BCUT2D eigenvalue weighted by Gasteiger charge is -2.21. The molecule has 18 heavy (non-hydrogen) atoms. The highest BCUT2D eigenvalue weighted by molar-refractivity contribution is 5.85. The first-order valence-electron chi connectivity index (χ1n) is 6.88. The Morgan fingerprint density at radius 1 is 1.56 bits per heavy atom. The van der Waals surface area contributed by atoms with Gasteiger partial charge in [0.1, 0.15) is 0 Å². The van der Waals surface area contributed by atoms with E-state index in [1.54, 1.807) is 0 Å². The molecule has 0 bridgehead atoms. The predicted octanol–water partition coefficient (Wildman–Crippen LogP) is 0.239. The van der Waals surface area contributed by atoms with E-state index < -0.39 is 6.04 Å². The molecule has 1 aliphatic carbocycles. The van der Waals surface area contributed by atoms with Gasteiger partial charge in [0.2, 0.25) is 11.8 Å². The molecule has 0 aromatic carbocycles. The summed E-state index contributed by atoms with van der Waals surface area (Å²) in [6.45, 7) is 4.65. The molecule has 1 aliphatic heterocycles. The van der Waals surface area contributed by atoms with Gasteiger partial charge < -0.3 is 16.0 Å². The Hall–Kier alpha value is -1.10. The Bertz CT molecular complexity index is 341. The van der Waals surface area contributed by atoms with Crippen molar-refractivity contribution in [2.24, 2.45) is 11.7 Å². The van der Waals surface area contributed by atoms with Crippen molar-refractivity contribution in [3.05, 3.63) is 0 Å². The standard InChI is InChI=1S/C13H23N3O2/c1-3-8(2)12(14)13(18)15-9-6-11(17)16(7-9)10-4-5-10/h8-10,12H,3-7,14H2,1-2H3,(H,15,18). The highest BCUT2D eigenvalue weighted by atomic mass is 16.2. The summed E-state index contributed by atoms with van der Waals surface area (Å²) in [6, 6.07) is -0.0941. The van der Waals surface area contributed by atoms with Crippen LogP contribution in [0.1, 0.15) is 39.5 Å². The number of hydrogen-bond donors (Lipinski definition) is 2. The second-order valence-corrected chi connectivity index (χ2v) is 5.60. The van der Waals surface area contributed by atoms with Crippen molar-refractivity contribution in [3.63, 3.8) is 0 Å². The molecule has 0 spiro atoms. The molecule has 3 unspecified atom stereocenters. The molecule has 1 heterocycles. The lowest BCUT2D eigenvalue weighted by Crippen LogP contribution is -2.49. The molecule has 0 aromatic rings. The fourth-order valence-corrected chi connectivity index (χ4v) is 2.38. The smallest absolute Gasteiger partial charge is 0.237 e. The number of likely N-dealkylation sites (tertiary alicyclic amines) is 1. The maximum absolute atomic E-state index is 11.9. The van der Waals surface area contributed by atoms with Crippen molar-refractivity contribution < 1.29 is 9.59 Å². The van der Waals surface area contributed by atoms with Crippen LogP contribution in [0.3, 0.4) is 0 Å². The average Bonchev–Trinajstić information content (AvgIpc) is 3.12. The summed E-state index contributed by atoms with van der Waals surface area (Å²) in [6.07, 6.45) is 3.53. The van der Waals surface area contributed by atoms with Crippen LogP contribution in [0.2, 0.25) is 0 Å². The summed E-state index contributed by atoms with van der Waals surface area (Å²) >= 11 is 0. The first-order chi connectivity index (χ1) is 8.52. The molecule has 0 aromatic heterocycles. The number of hydrogen-bond acceptors (Lipinski definition) is 3. The lowest BCUT2D eigenvalue weighted by atomic mass is 9.99. The number of nitrogens with one attached hydrogen (secondary N) is 1. The van der Waals surface area contributed by atoms with Crippen LogP contribution in [0.15, 0.2) is 0 Å². The molecule has 3 N–H and O–H groups in total. The Morgan fingerprint density at radius 2 is 2.22 bits per heavy atom. The van der Waals surface area contributed by atoms with E-state index >= 15 is 0 Å². The fraction of sp³-hybridized carbons (Fsp3) is 0.846. The maximum atomic E-state index is 11.9. The molecule has 2 fully saturated rings. The van der Waals surface area contributed by atoms with Gasteiger partial charge in [-0.25, -0.2) is 0 Å². The molecule has 5 nitrogen and oxygen atoms in total. The number of amides is 2. The van der Waals surface area contributed by atoms with Crippen molar-refractivity contribution in [1.29, 1.82) is 0 Å². The molecular formula is C13H23N3O2. The molecule has 1 saturated heterocycles. The van der Waals surface area contributed by atoms with E-state index in [0.29, 0.717) is 19.0 Å². The Morgan fingerprint density at radius 3 is 2.78 bits per heavy atom. The molecular weight excluding hydrogens is 230 g/mol. The van der Waals surface area contributed by atoms with Crippen LogP contribution in [0.5, 0.6) is 0 Å². The zero-order valence-corrected chi connectivity index (χ0v) is 11.2. The fourth-order valence-electron chi connectivity index (χ4n) is 2.38. The van der Waals surface area contributed by atoms with E-state index in [4.69, 9.17) is 5.73 Å². The van der Waals surface area contributed by atoms with Gasteiger partial charge in [0, 0.05) is 19.0 Å². The molecule has 102 valence electrons. The van der Waals surface area contributed by atoms with Gasteiger partial charge in [-0.3, -0.25) is 9.59 Å². The minimum atomic E-state index is -0.472. The van der Waals surface area contributed by atoms with Crippen LogP contribution in [0.25, 0.3) is 0 Å². The Kier molecular flexibility index (Phi) is 3.90. The summed E-state index contributed by atoms with van der Waals surface area (Å²) in [7, 11) is 0. The number of nitrogens with two attached hydrogens (primary N) is 1. The largest absolute Gasteiger partial charge is 0.350 e. The number of carbonyl (C=O) groups is 2. The summed E-state index contributed by atoms with van der Waals surface area (Å²) in [5.41, 5.74) is 5.88. The molecule has 2 rings (SSSR count). The highest BCUT2D eigenvalue weighted by Gasteiger charge is 2.40. The number of carbonyl (C=O) groups excluding carboxylic acids is 2. The van der Waals surface area contributed by atoms with Gasteiger partial charge in [0.25, 0.3) is 0 Å². The third kappa shape index (κ3) is 2.83. The topological polar surface area (TPSA) is 75.4 Å². The van der Waals surface area contributed by atoms with Crippen molar-refractivity contribution in [2.45, 2.75) is 57.7 Å². The predicted molar refractivity (Wildman–Crippen MR) is 68.7 cm³/mol. The lowest BCUT2D eigenvalue weighted by molar-refractivity contribution is -0.128. The zero-order chi connectivity index (χ0) is 13.3. The second kappa shape index (κ2) is 5.26. The quantitative estimate of drug-likeness (QED) is 0.737. The summed E-state index contributed by atoms with van der Waals surface area (Å²) in [4.78, 5) is 25.6. The second-order valence-electron chi connectivity index (χ2n) is 5.60. The van der Waals surface area contributed by atoms with Crippen LogP contribution in [0, 0.1) is 5.92 Å².